The number of anilines is 1. The van der Waals surface area contributed by atoms with Gasteiger partial charge in [-0.05, 0) is 43.4 Å². The lowest BCUT2D eigenvalue weighted by atomic mass is 9.98. The SMILES string of the molecule is O=C(COc1ccc(Cl)cc1Cl)N1c2ccnn2[C@H](C(F)(F)F)C[C@H]1C1CC1. The maximum Gasteiger partial charge on any atom is 0.410 e. The molecule has 0 radical (unpaired) electrons. The van der Waals surface area contributed by atoms with Crippen molar-refractivity contribution in [3.63, 3.8) is 0 Å². The van der Waals surface area contributed by atoms with E-state index in [2.05, 4.69) is 5.10 Å². The number of rotatable bonds is 4. The number of alkyl halides is 3. The summed E-state index contributed by atoms with van der Waals surface area (Å²) < 4.78 is 46.9. The van der Waals surface area contributed by atoms with Crippen molar-refractivity contribution in [1.82, 2.24) is 9.78 Å². The number of hydrogen-bond donors (Lipinski definition) is 0. The number of halogens is 5. The summed E-state index contributed by atoms with van der Waals surface area (Å²) in [5.41, 5.74) is 0. The molecule has 5 nitrogen and oxygen atoms in total. The average Bonchev–Trinajstić information content (AvgIpc) is 3.35. The second-order valence-electron chi connectivity index (χ2n) is 6.96. The minimum Gasteiger partial charge on any atom is -0.482 e. The molecule has 28 heavy (non-hydrogen) atoms. The molecule has 2 atom stereocenters. The van der Waals surface area contributed by atoms with Gasteiger partial charge in [-0.1, -0.05) is 23.2 Å². The molecule has 2 heterocycles. The molecule has 1 aliphatic carbocycles. The van der Waals surface area contributed by atoms with Crippen molar-refractivity contribution in [3.8, 4) is 5.75 Å². The normalized spacial score (nSPS) is 22.1. The van der Waals surface area contributed by atoms with Crippen molar-refractivity contribution in [1.29, 1.82) is 0 Å². The van der Waals surface area contributed by atoms with Crippen LogP contribution in [0.2, 0.25) is 10.0 Å². The van der Waals surface area contributed by atoms with Crippen LogP contribution >= 0.6 is 23.2 Å². The lowest BCUT2D eigenvalue weighted by Crippen LogP contribution is -2.51. The third kappa shape index (κ3) is 3.67. The number of ether oxygens (including phenoxy) is 1. The average molecular weight is 434 g/mol. The molecule has 4 rings (SSSR count). The molecular weight excluding hydrogens is 418 g/mol. The summed E-state index contributed by atoms with van der Waals surface area (Å²) in [6.07, 6.45) is -1.76. The van der Waals surface area contributed by atoms with E-state index in [0.29, 0.717) is 5.02 Å². The van der Waals surface area contributed by atoms with Gasteiger partial charge in [-0.3, -0.25) is 9.69 Å². The van der Waals surface area contributed by atoms with Crippen LogP contribution in [0.3, 0.4) is 0 Å². The molecule has 0 unspecified atom stereocenters. The zero-order chi connectivity index (χ0) is 20.1. The largest absolute Gasteiger partial charge is 0.482 e. The number of hydrogen-bond acceptors (Lipinski definition) is 3. The van der Waals surface area contributed by atoms with Gasteiger partial charge in [0.05, 0.1) is 11.2 Å². The van der Waals surface area contributed by atoms with E-state index in [-0.39, 0.29) is 35.5 Å². The predicted molar refractivity (Wildman–Crippen MR) is 97.9 cm³/mol. The van der Waals surface area contributed by atoms with Gasteiger partial charge in [0.25, 0.3) is 5.91 Å². The van der Waals surface area contributed by atoms with E-state index >= 15 is 0 Å². The van der Waals surface area contributed by atoms with E-state index in [1.807, 2.05) is 0 Å². The molecule has 1 saturated carbocycles. The summed E-state index contributed by atoms with van der Waals surface area (Å²) in [5.74, 6) is 0.0317. The highest BCUT2D eigenvalue weighted by Crippen LogP contribution is 2.48. The Morgan fingerprint density at radius 2 is 2.00 bits per heavy atom. The smallest absolute Gasteiger partial charge is 0.410 e. The molecule has 0 spiro atoms. The minimum absolute atomic E-state index is 0.0524. The van der Waals surface area contributed by atoms with Gasteiger partial charge < -0.3 is 4.74 Å². The van der Waals surface area contributed by atoms with Crippen LogP contribution in [0.1, 0.15) is 25.3 Å². The first kappa shape index (κ1) is 19.4. The Bertz CT molecular complexity index is 898. The van der Waals surface area contributed by atoms with Crippen LogP contribution in [-0.2, 0) is 4.79 Å². The van der Waals surface area contributed by atoms with E-state index in [4.69, 9.17) is 27.9 Å². The lowest BCUT2D eigenvalue weighted by Gasteiger charge is -2.40. The Morgan fingerprint density at radius 1 is 1.25 bits per heavy atom. The second-order valence-corrected chi connectivity index (χ2v) is 7.80. The van der Waals surface area contributed by atoms with Gasteiger partial charge in [0, 0.05) is 17.1 Å². The van der Waals surface area contributed by atoms with Crippen LogP contribution in [-0.4, -0.2) is 34.5 Å². The molecule has 2 aromatic rings. The highest BCUT2D eigenvalue weighted by molar-refractivity contribution is 6.35. The third-order valence-corrected chi connectivity index (χ3v) is 5.58. The monoisotopic (exact) mass is 433 g/mol. The molecule has 0 bridgehead atoms. The van der Waals surface area contributed by atoms with Gasteiger partial charge in [-0.25, -0.2) is 4.68 Å². The van der Waals surface area contributed by atoms with Crippen LogP contribution in [0.25, 0.3) is 0 Å². The predicted octanol–water partition coefficient (Wildman–Crippen LogP) is 4.89. The summed E-state index contributed by atoms with van der Waals surface area (Å²) in [4.78, 5) is 14.3. The number of carbonyl (C=O) groups excluding carboxylic acids is 1. The maximum atomic E-state index is 13.5. The Kier molecular flexibility index (Phi) is 4.95. The van der Waals surface area contributed by atoms with Gasteiger partial charge in [-0.15, -0.1) is 0 Å². The number of fused-ring (bicyclic) bond motifs is 1. The van der Waals surface area contributed by atoms with Crippen LogP contribution in [0.15, 0.2) is 30.5 Å². The molecule has 1 fully saturated rings. The van der Waals surface area contributed by atoms with Crippen molar-refractivity contribution < 1.29 is 22.7 Å². The Morgan fingerprint density at radius 3 is 2.64 bits per heavy atom. The number of nitrogens with zero attached hydrogens (tertiary/aromatic N) is 3. The van der Waals surface area contributed by atoms with Gasteiger partial charge in [-0.2, -0.15) is 18.3 Å². The van der Waals surface area contributed by atoms with Gasteiger partial charge in [0.15, 0.2) is 12.6 Å². The first-order valence-corrected chi connectivity index (χ1v) is 9.51. The Hall–Kier alpha value is -1.93. The standard InChI is InChI=1S/C18H16Cl2F3N3O2/c19-11-3-4-14(12(20)7-11)28-9-17(27)25-13(10-1-2-10)8-15(18(21,22)23)26-16(25)5-6-24-26/h3-7,10,13,15H,1-2,8-9H2/t13-,15-/m0/s1. The maximum absolute atomic E-state index is 13.5. The fourth-order valence-electron chi connectivity index (χ4n) is 3.61. The molecule has 1 amide bonds. The Labute approximate surface area is 169 Å². The molecule has 0 saturated heterocycles. The fourth-order valence-corrected chi connectivity index (χ4v) is 4.08. The van der Waals surface area contributed by atoms with Crippen LogP contribution in [0.5, 0.6) is 5.75 Å². The summed E-state index contributed by atoms with van der Waals surface area (Å²) >= 11 is 11.9. The third-order valence-electron chi connectivity index (χ3n) is 5.05. The molecule has 2 aliphatic rings. The molecular formula is C18H16Cl2F3N3O2. The number of amides is 1. The van der Waals surface area contributed by atoms with Crippen LogP contribution in [0, 0.1) is 5.92 Å². The number of benzene rings is 1. The van der Waals surface area contributed by atoms with Crippen molar-refractivity contribution in [3.05, 3.63) is 40.5 Å². The molecule has 0 N–H and O–H groups in total. The quantitative estimate of drug-likeness (QED) is 0.689. The zero-order valence-corrected chi connectivity index (χ0v) is 16.0. The van der Waals surface area contributed by atoms with E-state index in [9.17, 15) is 18.0 Å². The highest BCUT2D eigenvalue weighted by Gasteiger charge is 2.52. The van der Waals surface area contributed by atoms with Crippen molar-refractivity contribution in [2.75, 3.05) is 11.5 Å². The number of carbonyl (C=O) groups is 1. The second kappa shape index (κ2) is 7.15. The first-order valence-electron chi connectivity index (χ1n) is 8.76. The highest BCUT2D eigenvalue weighted by atomic mass is 35.5. The molecule has 1 aliphatic heterocycles. The fraction of sp³-hybridized carbons (Fsp3) is 0.444. The van der Waals surface area contributed by atoms with Crippen LogP contribution in [0.4, 0.5) is 19.0 Å². The summed E-state index contributed by atoms with van der Waals surface area (Å²) in [6, 6.07) is 3.76. The number of aromatic nitrogens is 2. The molecule has 150 valence electrons. The van der Waals surface area contributed by atoms with Crippen molar-refractivity contribution >= 4 is 34.9 Å². The summed E-state index contributed by atoms with van der Waals surface area (Å²) in [6.45, 7) is -0.355. The molecule has 1 aromatic heterocycles. The van der Waals surface area contributed by atoms with Gasteiger partial charge in [0.1, 0.15) is 11.6 Å². The van der Waals surface area contributed by atoms with Crippen molar-refractivity contribution in [2.45, 2.75) is 37.5 Å². The van der Waals surface area contributed by atoms with Gasteiger partial charge in [0.2, 0.25) is 0 Å². The zero-order valence-electron chi connectivity index (χ0n) is 14.5. The van der Waals surface area contributed by atoms with Crippen molar-refractivity contribution in [2.24, 2.45) is 5.92 Å². The Balaban J connectivity index is 1.58. The topological polar surface area (TPSA) is 47.4 Å². The van der Waals surface area contributed by atoms with E-state index in [0.717, 1.165) is 17.5 Å². The summed E-state index contributed by atoms with van der Waals surface area (Å²) in [5, 5.41) is 4.50. The van der Waals surface area contributed by atoms with E-state index in [1.165, 1.54) is 29.3 Å². The van der Waals surface area contributed by atoms with Gasteiger partial charge >= 0.3 is 6.18 Å². The minimum atomic E-state index is -4.43. The molecule has 1 aromatic carbocycles. The summed E-state index contributed by atoms with van der Waals surface area (Å²) in [7, 11) is 0. The van der Waals surface area contributed by atoms with E-state index < -0.39 is 24.2 Å². The van der Waals surface area contributed by atoms with Crippen LogP contribution < -0.4 is 9.64 Å². The molecule has 10 heteroatoms. The lowest BCUT2D eigenvalue weighted by molar-refractivity contribution is -0.175. The first-order chi connectivity index (χ1) is 13.3. The van der Waals surface area contributed by atoms with E-state index in [1.54, 1.807) is 6.07 Å².